The van der Waals surface area contributed by atoms with E-state index in [1.165, 1.54) is 0 Å². The summed E-state index contributed by atoms with van der Waals surface area (Å²) in [6.07, 6.45) is 2.17. The summed E-state index contributed by atoms with van der Waals surface area (Å²) < 4.78 is 0. The summed E-state index contributed by atoms with van der Waals surface area (Å²) in [4.78, 5) is 7.08. The molecule has 0 saturated heterocycles. The number of rotatable bonds is 12. The van der Waals surface area contributed by atoms with Gasteiger partial charge in [-0.1, -0.05) is 0 Å². The van der Waals surface area contributed by atoms with Gasteiger partial charge in [0.15, 0.2) is 0 Å². The summed E-state index contributed by atoms with van der Waals surface area (Å²) in [7, 11) is 6.52. The minimum absolute atomic E-state index is 0.784. The van der Waals surface area contributed by atoms with Crippen LogP contribution >= 0.6 is 0 Å². The first-order chi connectivity index (χ1) is 8.60. The molecule has 5 nitrogen and oxygen atoms in total. The van der Waals surface area contributed by atoms with Gasteiger partial charge >= 0.3 is 0 Å². The molecule has 0 aliphatic rings. The predicted molar refractivity (Wildman–Crippen MR) is 79.8 cm³/mol. The molecule has 0 amide bonds. The van der Waals surface area contributed by atoms with Gasteiger partial charge in [-0.25, -0.2) is 0 Å². The van der Waals surface area contributed by atoms with E-state index in [0.29, 0.717) is 0 Å². The Bertz CT molecular complexity index is 159. The third-order valence-electron chi connectivity index (χ3n) is 3.21. The Morgan fingerprint density at radius 3 is 1.11 bits per heavy atom. The van der Waals surface area contributed by atoms with Crippen molar-refractivity contribution < 1.29 is 0 Å². The second-order valence-corrected chi connectivity index (χ2v) is 5.19. The Kier molecular flexibility index (Phi) is 11.7. The number of nitrogens with two attached hydrogens (primary N) is 2. The maximum atomic E-state index is 5.50. The van der Waals surface area contributed by atoms with Crippen molar-refractivity contribution in [1.82, 2.24) is 14.7 Å². The van der Waals surface area contributed by atoms with Gasteiger partial charge in [-0.2, -0.15) is 0 Å². The molecule has 0 fully saturated rings. The molecule has 0 bridgehead atoms. The zero-order valence-electron chi connectivity index (χ0n) is 12.6. The highest BCUT2D eigenvalue weighted by Crippen LogP contribution is 1.91. The maximum absolute atomic E-state index is 5.50. The summed E-state index contributed by atoms with van der Waals surface area (Å²) in [6.45, 7) is 8.23. The molecule has 18 heavy (non-hydrogen) atoms. The summed E-state index contributed by atoms with van der Waals surface area (Å²) >= 11 is 0. The van der Waals surface area contributed by atoms with Crippen molar-refractivity contribution in [2.24, 2.45) is 11.5 Å². The summed E-state index contributed by atoms with van der Waals surface area (Å²) in [5.41, 5.74) is 11.0. The molecule has 0 rings (SSSR count). The Balaban J connectivity index is 3.49. The smallest absolute Gasteiger partial charge is 0.0107 e. The molecule has 0 aromatic heterocycles. The highest BCUT2D eigenvalue weighted by atomic mass is 15.2. The molecular formula is C13H33N5. The molecule has 0 aliphatic carbocycles. The van der Waals surface area contributed by atoms with Crippen molar-refractivity contribution in [2.45, 2.75) is 12.8 Å². The third kappa shape index (κ3) is 10.9. The fourth-order valence-electron chi connectivity index (χ4n) is 1.74. The van der Waals surface area contributed by atoms with E-state index in [0.717, 1.165) is 65.2 Å². The standard InChI is InChI=1S/C13H33N5/c1-16(8-4-6-14)10-12-18(3)13-11-17(2)9-5-7-15/h4-15H2,1-3H3. The van der Waals surface area contributed by atoms with E-state index >= 15 is 0 Å². The lowest BCUT2D eigenvalue weighted by molar-refractivity contribution is 0.225. The van der Waals surface area contributed by atoms with Crippen molar-refractivity contribution in [3.05, 3.63) is 0 Å². The van der Waals surface area contributed by atoms with Crippen molar-refractivity contribution in [3.8, 4) is 0 Å². The van der Waals surface area contributed by atoms with Crippen molar-refractivity contribution >= 4 is 0 Å². The Morgan fingerprint density at radius 2 is 0.833 bits per heavy atom. The molecule has 0 radical (unpaired) electrons. The lowest BCUT2D eigenvalue weighted by Crippen LogP contribution is -2.36. The highest BCUT2D eigenvalue weighted by Gasteiger charge is 2.03. The van der Waals surface area contributed by atoms with E-state index < -0.39 is 0 Å². The van der Waals surface area contributed by atoms with Gasteiger partial charge in [0, 0.05) is 26.2 Å². The Hall–Kier alpha value is -0.200. The molecule has 0 heterocycles. The first kappa shape index (κ1) is 17.8. The van der Waals surface area contributed by atoms with Crippen molar-refractivity contribution in [3.63, 3.8) is 0 Å². The SMILES string of the molecule is CN(CCCN)CCN(C)CCN(C)CCCN. The van der Waals surface area contributed by atoms with Crippen LogP contribution in [0.15, 0.2) is 0 Å². The van der Waals surface area contributed by atoms with E-state index in [2.05, 4.69) is 35.8 Å². The van der Waals surface area contributed by atoms with Crippen molar-refractivity contribution in [2.75, 3.05) is 73.5 Å². The molecule has 110 valence electrons. The molecule has 0 unspecified atom stereocenters. The second kappa shape index (κ2) is 11.9. The monoisotopic (exact) mass is 259 g/mol. The lowest BCUT2D eigenvalue weighted by atomic mass is 10.3. The van der Waals surface area contributed by atoms with Gasteiger partial charge in [-0.05, 0) is 60.2 Å². The molecule has 0 saturated carbocycles. The average molecular weight is 259 g/mol. The van der Waals surface area contributed by atoms with E-state index in [4.69, 9.17) is 11.5 Å². The van der Waals surface area contributed by atoms with Gasteiger partial charge in [-0.3, -0.25) is 0 Å². The van der Waals surface area contributed by atoms with Crippen LogP contribution in [-0.2, 0) is 0 Å². The maximum Gasteiger partial charge on any atom is 0.0107 e. The first-order valence-electron chi connectivity index (χ1n) is 7.06. The number of hydrogen-bond donors (Lipinski definition) is 2. The fraction of sp³-hybridized carbons (Fsp3) is 1.00. The van der Waals surface area contributed by atoms with Crippen LogP contribution in [0.1, 0.15) is 12.8 Å². The first-order valence-corrected chi connectivity index (χ1v) is 7.06. The predicted octanol–water partition coefficient (Wildman–Crippen LogP) is -0.521. The summed E-state index contributed by atoms with van der Waals surface area (Å²) in [6, 6.07) is 0. The molecule has 0 aromatic carbocycles. The normalized spacial score (nSPS) is 12.0. The zero-order valence-corrected chi connectivity index (χ0v) is 12.6. The fourth-order valence-corrected chi connectivity index (χ4v) is 1.74. The van der Waals surface area contributed by atoms with Gasteiger partial charge in [-0.15, -0.1) is 0 Å². The van der Waals surface area contributed by atoms with Crippen LogP contribution in [0.25, 0.3) is 0 Å². The summed E-state index contributed by atoms with van der Waals surface area (Å²) in [5.74, 6) is 0. The van der Waals surface area contributed by atoms with Crippen molar-refractivity contribution in [1.29, 1.82) is 0 Å². The van der Waals surface area contributed by atoms with Gasteiger partial charge in [0.25, 0.3) is 0 Å². The molecule has 0 aromatic rings. The van der Waals surface area contributed by atoms with Crippen LogP contribution in [0.2, 0.25) is 0 Å². The highest BCUT2D eigenvalue weighted by molar-refractivity contribution is 4.60. The van der Waals surface area contributed by atoms with Crippen LogP contribution in [-0.4, -0.2) is 88.2 Å². The molecular weight excluding hydrogens is 226 g/mol. The van der Waals surface area contributed by atoms with Gasteiger partial charge in [0.05, 0.1) is 0 Å². The molecule has 5 heteroatoms. The quantitative estimate of drug-likeness (QED) is 0.494. The molecule has 0 atom stereocenters. The minimum Gasteiger partial charge on any atom is -0.330 e. The van der Waals surface area contributed by atoms with E-state index in [9.17, 15) is 0 Å². The number of likely N-dealkylation sites (N-methyl/N-ethyl adjacent to an activating group) is 3. The third-order valence-corrected chi connectivity index (χ3v) is 3.21. The van der Waals surface area contributed by atoms with Gasteiger partial charge < -0.3 is 26.2 Å². The lowest BCUT2D eigenvalue weighted by Gasteiger charge is -2.24. The molecule has 0 spiro atoms. The number of nitrogens with zero attached hydrogens (tertiary/aromatic N) is 3. The topological polar surface area (TPSA) is 61.8 Å². The average Bonchev–Trinajstić information content (AvgIpc) is 2.37. The minimum atomic E-state index is 0.784. The van der Waals surface area contributed by atoms with E-state index in [-0.39, 0.29) is 0 Å². The second-order valence-electron chi connectivity index (χ2n) is 5.19. The largest absolute Gasteiger partial charge is 0.330 e. The summed E-state index contributed by atoms with van der Waals surface area (Å²) in [5, 5.41) is 0. The zero-order chi connectivity index (χ0) is 13.8. The van der Waals surface area contributed by atoms with Gasteiger partial charge in [0.2, 0.25) is 0 Å². The number of hydrogen-bond acceptors (Lipinski definition) is 5. The Morgan fingerprint density at radius 1 is 0.556 bits per heavy atom. The van der Waals surface area contributed by atoms with Crippen LogP contribution in [0.5, 0.6) is 0 Å². The molecule has 4 N–H and O–H groups in total. The van der Waals surface area contributed by atoms with Crippen LogP contribution in [0.3, 0.4) is 0 Å². The Labute approximate surface area is 113 Å². The van der Waals surface area contributed by atoms with E-state index in [1.807, 2.05) is 0 Å². The molecule has 0 aliphatic heterocycles. The van der Waals surface area contributed by atoms with E-state index in [1.54, 1.807) is 0 Å². The van der Waals surface area contributed by atoms with Gasteiger partial charge in [0.1, 0.15) is 0 Å². The van der Waals surface area contributed by atoms with Crippen LogP contribution < -0.4 is 11.5 Å². The van der Waals surface area contributed by atoms with Crippen LogP contribution in [0.4, 0.5) is 0 Å². The van der Waals surface area contributed by atoms with Crippen LogP contribution in [0, 0.1) is 0 Å².